The summed E-state index contributed by atoms with van der Waals surface area (Å²) in [6.07, 6.45) is 3.90. The third kappa shape index (κ3) is 2.50. The fourth-order valence-electron chi connectivity index (χ4n) is 2.40. The number of nitrogens with one attached hydrogen (secondary N) is 1. The van der Waals surface area contributed by atoms with Crippen LogP contribution in [-0.2, 0) is 9.53 Å². The first kappa shape index (κ1) is 14.0. The maximum absolute atomic E-state index is 12.2. The molecular formula is C14H19N5O2. The molecule has 7 nitrogen and oxygen atoms in total. The van der Waals surface area contributed by atoms with Gasteiger partial charge in [0.15, 0.2) is 5.65 Å². The molecule has 1 fully saturated rings. The van der Waals surface area contributed by atoms with E-state index in [4.69, 9.17) is 10.5 Å². The van der Waals surface area contributed by atoms with Gasteiger partial charge >= 0.3 is 0 Å². The summed E-state index contributed by atoms with van der Waals surface area (Å²) in [7, 11) is 0. The maximum atomic E-state index is 12.2. The van der Waals surface area contributed by atoms with Gasteiger partial charge in [-0.05, 0) is 26.3 Å². The highest BCUT2D eigenvalue weighted by Crippen LogP contribution is 2.21. The van der Waals surface area contributed by atoms with Crippen LogP contribution in [0.1, 0.15) is 26.3 Å². The van der Waals surface area contributed by atoms with Gasteiger partial charge in [0, 0.05) is 18.0 Å². The fraction of sp³-hybridized carbons (Fsp3) is 0.500. The molecule has 21 heavy (non-hydrogen) atoms. The summed E-state index contributed by atoms with van der Waals surface area (Å²) in [5.41, 5.74) is 6.50. The Morgan fingerprint density at radius 1 is 1.52 bits per heavy atom. The fourth-order valence-corrected chi connectivity index (χ4v) is 2.40. The van der Waals surface area contributed by atoms with Gasteiger partial charge < -0.3 is 15.8 Å². The van der Waals surface area contributed by atoms with E-state index >= 15 is 0 Å². The van der Waals surface area contributed by atoms with Crippen LogP contribution in [0.25, 0.3) is 11.0 Å². The van der Waals surface area contributed by atoms with Gasteiger partial charge in [0.25, 0.3) is 0 Å². The molecule has 1 aliphatic rings. The highest BCUT2D eigenvalue weighted by molar-refractivity contribution is 5.99. The Bertz CT molecular complexity index is 673. The second-order valence-electron chi connectivity index (χ2n) is 5.73. The summed E-state index contributed by atoms with van der Waals surface area (Å²) in [6.45, 7) is 4.85. The van der Waals surface area contributed by atoms with Crippen molar-refractivity contribution >= 4 is 22.6 Å². The first-order chi connectivity index (χ1) is 9.99. The number of nitrogens with two attached hydrogens (primary N) is 1. The van der Waals surface area contributed by atoms with Crippen molar-refractivity contribution in [3.63, 3.8) is 0 Å². The van der Waals surface area contributed by atoms with Gasteiger partial charge in [-0.3, -0.25) is 4.79 Å². The molecule has 112 valence electrons. The second kappa shape index (κ2) is 5.09. The lowest BCUT2D eigenvalue weighted by atomic mass is 9.99. The first-order valence-corrected chi connectivity index (χ1v) is 7.01. The number of anilines is 1. The molecular weight excluding hydrogens is 270 g/mol. The van der Waals surface area contributed by atoms with Crippen molar-refractivity contribution in [3.8, 4) is 0 Å². The molecule has 1 atom stereocenters. The lowest BCUT2D eigenvalue weighted by Gasteiger charge is -2.20. The van der Waals surface area contributed by atoms with Crippen LogP contribution < -0.4 is 11.1 Å². The predicted molar refractivity (Wildman–Crippen MR) is 78.9 cm³/mol. The van der Waals surface area contributed by atoms with Crippen molar-refractivity contribution < 1.29 is 9.53 Å². The molecule has 1 saturated heterocycles. The average Bonchev–Trinajstić information content (AvgIpc) is 3.05. The number of hydrogen-bond donors (Lipinski definition) is 2. The minimum atomic E-state index is -0.947. The summed E-state index contributed by atoms with van der Waals surface area (Å²) in [5, 5.41) is 8.00. The Balaban J connectivity index is 1.83. The zero-order valence-electron chi connectivity index (χ0n) is 12.2. The van der Waals surface area contributed by atoms with E-state index in [2.05, 4.69) is 15.4 Å². The SMILES string of the molecule is CC(C)n1ncc2cc(NC(=O)C3(N)CCOC3)cnc21. The molecule has 3 rings (SSSR count). The molecule has 2 aromatic rings. The number of ether oxygens (including phenoxy) is 1. The van der Waals surface area contributed by atoms with Gasteiger partial charge in [-0.1, -0.05) is 0 Å². The van der Waals surface area contributed by atoms with Crippen molar-refractivity contribution in [2.75, 3.05) is 18.5 Å². The van der Waals surface area contributed by atoms with Crippen LogP contribution in [0.3, 0.4) is 0 Å². The van der Waals surface area contributed by atoms with Crippen LogP contribution in [0.4, 0.5) is 5.69 Å². The number of carbonyl (C=O) groups excluding carboxylic acids is 1. The van der Waals surface area contributed by atoms with E-state index in [9.17, 15) is 4.79 Å². The van der Waals surface area contributed by atoms with Crippen molar-refractivity contribution in [2.24, 2.45) is 5.73 Å². The van der Waals surface area contributed by atoms with E-state index in [1.807, 2.05) is 24.6 Å². The average molecular weight is 289 g/mol. The molecule has 2 aromatic heterocycles. The standard InChI is InChI=1S/C14H19N5O2/c1-9(2)19-12-10(6-17-19)5-11(7-16-12)18-13(20)14(15)3-4-21-8-14/h5-7,9H,3-4,8,15H2,1-2H3,(H,18,20). The molecule has 1 amide bonds. The van der Waals surface area contributed by atoms with Crippen LogP contribution in [0.5, 0.6) is 0 Å². The van der Waals surface area contributed by atoms with E-state index < -0.39 is 5.54 Å². The summed E-state index contributed by atoms with van der Waals surface area (Å²) < 4.78 is 7.05. The molecule has 3 heterocycles. The quantitative estimate of drug-likeness (QED) is 0.881. The number of carbonyl (C=O) groups is 1. The highest BCUT2D eigenvalue weighted by atomic mass is 16.5. The number of pyridine rings is 1. The van der Waals surface area contributed by atoms with Gasteiger partial charge in [0.1, 0.15) is 5.54 Å². The van der Waals surface area contributed by atoms with Gasteiger partial charge in [-0.15, -0.1) is 0 Å². The minimum Gasteiger partial charge on any atom is -0.379 e. The normalized spacial score (nSPS) is 22.1. The van der Waals surface area contributed by atoms with Crippen molar-refractivity contribution in [1.29, 1.82) is 0 Å². The molecule has 3 N–H and O–H groups in total. The van der Waals surface area contributed by atoms with Crippen molar-refractivity contribution in [3.05, 3.63) is 18.5 Å². The first-order valence-electron chi connectivity index (χ1n) is 7.01. The molecule has 0 radical (unpaired) electrons. The number of nitrogens with zero attached hydrogens (tertiary/aromatic N) is 3. The van der Waals surface area contributed by atoms with E-state index in [1.54, 1.807) is 12.4 Å². The molecule has 1 aliphatic heterocycles. The summed E-state index contributed by atoms with van der Waals surface area (Å²) >= 11 is 0. The van der Waals surface area contributed by atoms with Gasteiger partial charge in [0.2, 0.25) is 5.91 Å². The highest BCUT2D eigenvalue weighted by Gasteiger charge is 2.38. The molecule has 7 heteroatoms. The van der Waals surface area contributed by atoms with Crippen LogP contribution in [0, 0.1) is 0 Å². The predicted octanol–water partition coefficient (Wildman–Crippen LogP) is 1.07. The monoisotopic (exact) mass is 289 g/mol. The van der Waals surface area contributed by atoms with E-state index in [0.29, 0.717) is 18.7 Å². The lowest BCUT2D eigenvalue weighted by Crippen LogP contribution is -2.51. The number of aromatic nitrogens is 3. The summed E-state index contributed by atoms with van der Waals surface area (Å²) in [4.78, 5) is 16.6. The smallest absolute Gasteiger partial charge is 0.246 e. The maximum Gasteiger partial charge on any atom is 0.246 e. The minimum absolute atomic E-state index is 0.235. The Hall–Kier alpha value is -1.99. The number of hydrogen-bond acceptors (Lipinski definition) is 5. The Morgan fingerprint density at radius 3 is 3.00 bits per heavy atom. The van der Waals surface area contributed by atoms with Gasteiger partial charge in [-0.2, -0.15) is 5.10 Å². The van der Waals surface area contributed by atoms with E-state index in [-0.39, 0.29) is 18.6 Å². The largest absolute Gasteiger partial charge is 0.379 e. The van der Waals surface area contributed by atoms with Crippen LogP contribution in [0.2, 0.25) is 0 Å². The Morgan fingerprint density at radius 2 is 2.33 bits per heavy atom. The van der Waals surface area contributed by atoms with Crippen LogP contribution in [0.15, 0.2) is 18.5 Å². The van der Waals surface area contributed by atoms with E-state index in [1.165, 1.54) is 0 Å². The topological polar surface area (TPSA) is 95.1 Å². The number of amides is 1. The van der Waals surface area contributed by atoms with Crippen LogP contribution in [-0.4, -0.2) is 39.4 Å². The summed E-state index contributed by atoms with van der Waals surface area (Å²) in [5.74, 6) is -0.239. The third-order valence-corrected chi connectivity index (χ3v) is 3.68. The zero-order valence-corrected chi connectivity index (χ0v) is 12.2. The number of fused-ring (bicyclic) bond motifs is 1. The lowest BCUT2D eigenvalue weighted by molar-refractivity contribution is -0.121. The molecule has 0 saturated carbocycles. The molecule has 1 unspecified atom stereocenters. The summed E-state index contributed by atoms with van der Waals surface area (Å²) in [6, 6.07) is 2.09. The Labute approximate surface area is 122 Å². The molecule has 0 aliphatic carbocycles. The molecule has 0 bridgehead atoms. The number of rotatable bonds is 3. The van der Waals surface area contributed by atoms with Crippen LogP contribution >= 0.6 is 0 Å². The zero-order chi connectivity index (χ0) is 15.0. The Kier molecular flexibility index (Phi) is 3.38. The second-order valence-corrected chi connectivity index (χ2v) is 5.73. The van der Waals surface area contributed by atoms with Crippen molar-refractivity contribution in [2.45, 2.75) is 31.8 Å². The van der Waals surface area contributed by atoms with Gasteiger partial charge in [0.05, 0.1) is 24.7 Å². The molecule has 0 aromatic carbocycles. The van der Waals surface area contributed by atoms with Crippen molar-refractivity contribution in [1.82, 2.24) is 14.8 Å². The molecule has 0 spiro atoms. The third-order valence-electron chi connectivity index (χ3n) is 3.68. The van der Waals surface area contributed by atoms with Gasteiger partial charge in [-0.25, -0.2) is 9.67 Å². The van der Waals surface area contributed by atoms with E-state index in [0.717, 1.165) is 11.0 Å².